The summed E-state index contributed by atoms with van der Waals surface area (Å²) in [6, 6.07) is 4.67. The van der Waals surface area contributed by atoms with Gasteiger partial charge in [-0.05, 0) is 11.5 Å². The summed E-state index contributed by atoms with van der Waals surface area (Å²) in [6.45, 7) is 5.58. The van der Waals surface area contributed by atoms with E-state index in [1.54, 1.807) is 6.07 Å². The van der Waals surface area contributed by atoms with Crippen molar-refractivity contribution in [3.05, 3.63) is 35.4 Å². The van der Waals surface area contributed by atoms with E-state index in [2.05, 4.69) is 0 Å². The Hall–Kier alpha value is -1.76. The lowest BCUT2D eigenvalue weighted by atomic mass is 9.83. The van der Waals surface area contributed by atoms with Crippen molar-refractivity contribution in [3.8, 4) is 6.07 Å². The smallest absolute Gasteiger partial charge is 0.155 e. The van der Waals surface area contributed by atoms with Crippen molar-refractivity contribution in [1.29, 1.82) is 5.26 Å². The Morgan fingerprint density at radius 1 is 1.39 bits per heavy atom. The van der Waals surface area contributed by atoms with Gasteiger partial charge in [0.1, 0.15) is 17.6 Å². The van der Waals surface area contributed by atoms with Crippen molar-refractivity contribution in [2.75, 3.05) is 0 Å². The zero-order valence-corrected chi connectivity index (χ0v) is 10.6. The maximum Gasteiger partial charge on any atom is 0.155 e. The van der Waals surface area contributed by atoms with Gasteiger partial charge in [-0.2, -0.15) is 5.26 Å². The van der Waals surface area contributed by atoms with E-state index in [9.17, 15) is 13.6 Å². The molecule has 1 atom stereocenters. The Morgan fingerprint density at radius 2 is 2.00 bits per heavy atom. The second-order valence-corrected chi connectivity index (χ2v) is 5.43. The minimum atomic E-state index is -1.18. The van der Waals surface area contributed by atoms with Gasteiger partial charge in [-0.3, -0.25) is 4.79 Å². The van der Waals surface area contributed by atoms with Gasteiger partial charge >= 0.3 is 0 Å². The molecule has 0 fully saturated rings. The topological polar surface area (TPSA) is 40.9 Å². The lowest BCUT2D eigenvalue weighted by Crippen LogP contribution is -2.19. The van der Waals surface area contributed by atoms with E-state index in [4.69, 9.17) is 5.26 Å². The van der Waals surface area contributed by atoms with Gasteiger partial charge in [-0.1, -0.05) is 26.8 Å². The van der Waals surface area contributed by atoms with Crippen LogP contribution in [0.4, 0.5) is 8.78 Å². The molecule has 0 radical (unpaired) electrons. The quantitative estimate of drug-likeness (QED) is 0.823. The first-order chi connectivity index (χ1) is 8.24. The molecule has 4 heteroatoms. The normalized spacial score (nSPS) is 12.9. The number of carbonyl (C=O) groups excluding carboxylic acids is 1. The van der Waals surface area contributed by atoms with Crippen LogP contribution in [0, 0.1) is 28.4 Å². The Bertz CT molecular complexity index is 497. The third kappa shape index (κ3) is 3.63. The average molecular weight is 251 g/mol. The molecule has 1 aromatic rings. The number of halogens is 2. The molecular weight excluding hydrogens is 236 g/mol. The van der Waals surface area contributed by atoms with Gasteiger partial charge in [0.05, 0.1) is 6.07 Å². The summed E-state index contributed by atoms with van der Waals surface area (Å²) in [5, 5.41) is 9.01. The van der Waals surface area contributed by atoms with Crippen molar-refractivity contribution in [3.63, 3.8) is 0 Å². The molecule has 0 spiro atoms. The highest BCUT2D eigenvalue weighted by molar-refractivity contribution is 5.88. The lowest BCUT2D eigenvalue weighted by molar-refractivity contribution is -0.121. The van der Waals surface area contributed by atoms with Gasteiger partial charge in [0.25, 0.3) is 0 Å². The van der Waals surface area contributed by atoms with Crippen LogP contribution >= 0.6 is 0 Å². The fourth-order valence-electron chi connectivity index (χ4n) is 1.68. The molecule has 0 heterocycles. The summed E-state index contributed by atoms with van der Waals surface area (Å²) in [5.41, 5.74) is -0.337. The zero-order chi connectivity index (χ0) is 13.9. The maximum atomic E-state index is 13.5. The summed E-state index contributed by atoms with van der Waals surface area (Å²) in [4.78, 5) is 11.9. The molecule has 0 aliphatic rings. The van der Waals surface area contributed by atoms with Crippen molar-refractivity contribution >= 4 is 5.78 Å². The molecular formula is C14H15F2NO. The van der Waals surface area contributed by atoms with Crippen molar-refractivity contribution in [1.82, 2.24) is 0 Å². The van der Waals surface area contributed by atoms with Gasteiger partial charge in [-0.25, -0.2) is 8.78 Å². The van der Waals surface area contributed by atoms with Gasteiger partial charge in [-0.15, -0.1) is 0 Å². The summed E-state index contributed by atoms with van der Waals surface area (Å²) in [7, 11) is 0. The van der Waals surface area contributed by atoms with Crippen molar-refractivity contribution < 1.29 is 13.6 Å². The van der Waals surface area contributed by atoms with Gasteiger partial charge in [0.2, 0.25) is 0 Å². The third-order valence-corrected chi connectivity index (χ3v) is 2.43. The minimum Gasteiger partial charge on any atom is -0.298 e. The molecule has 0 N–H and O–H groups in total. The molecule has 0 saturated heterocycles. The highest BCUT2D eigenvalue weighted by Gasteiger charge is 2.27. The molecule has 96 valence electrons. The van der Waals surface area contributed by atoms with E-state index in [1.165, 1.54) is 0 Å². The van der Waals surface area contributed by atoms with Crippen LogP contribution < -0.4 is 0 Å². The monoisotopic (exact) mass is 251 g/mol. The predicted molar refractivity (Wildman–Crippen MR) is 63.8 cm³/mol. The molecule has 1 rings (SSSR count). The molecule has 0 amide bonds. The Kier molecular flexibility index (Phi) is 4.18. The predicted octanol–water partition coefficient (Wildman–Crippen LogP) is 3.58. The lowest BCUT2D eigenvalue weighted by Gasteiger charge is -2.19. The number of rotatable bonds is 3. The van der Waals surface area contributed by atoms with Crippen molar-refractivity contribution in [2.24, 2.45) is 5.41 Å². The average Bonchev–Trinajstić information content (AvgIpc) is 2.19. The largest absolute Gasteiger partial charge is 0.298 e. The number of hydrogen-bond donors (Lipinski definition) is 0. The zero-order valence-electron chi connectivity index (χ0n) is 10.6. The van der Waals surface area contributed by atoms with Crippen LogP contribution in [0.15, 0.2) is 18.2 Å². The van der Waals surface area contributed by atoms with Crippen LogP contribution in [0.2, 0.25) is 0 Å². The number of ketones is 1. The van der Waals surface area contributed by atoms with Crippen LogP contribution in [0.3, 0.4) is 0 Å². The first kappa shape index (κ1) is 14.3. The molecule has 1 aromatic carbocycles. The van der Waals surface area contributed by atoms with E-state index >= 15 is 0 Å². The molecule has 0 aliphatic heterocycles. The molecule has 18 heavy (non-hydrogen) atoms. The summed E-state index contributed by atoms with van der Waals surface area (Å²) in [6.07, 6.45) is 0.169. The summed E-state index contributed by atoms with van der Waals surface area (Å²) < 4.78 is 26.3. The number of nitrogens with zero attached hydrogens (tertiary/aromatic N) is 1. The SMILES string of the molecule is CC(C)(C)CC(=O)C(C#N)c1ccc(F)cc1F. The highest BCUT2D eigenvalue weighted by atomic mass is 19.1. The first-order valence-electron chi connectivity index (χ1n) is 5.62. The molecule has 0 saturated carbocycles. The van der Waals surface area contributed by atoms with Crippen LogP contribution in [0.1, 0.15) is 38.7 Å². The van der Waals surface area contributed by atoms with Crippen molar-refractivity contribution in [2.45, 2.75) is 33.1 Å². The second-order valence-electron chi connectivity index (χ2n) is 5.43. The number of hydrogen-bond acceptors (Lipinski definition) is 2. The Balaban J connectivity index is 3.04. The standard InChI is InChI=1S/C14H15F2NO/c1-14(2,3)7-13(18)11(8-17)10-5-4-9(15)6-12(10)16/h4-6,11H,7H2,1-3H3. The number of Topliss-reactive ketones (excluding diaryl/α,β-unsaturated/α-hetero) is 1. The Morgan fingerprint density at radius 3 is 2.44 bits per heavy atom. The van der Waals surface area contributed by atoms with E-state index in [0.717, 1.165) is 12.1 Å². The van der Waals surface area contributed by atoms with Crippen LogP contribution in [0.5, 0.6) is 0 Å². The van der Waals surface area contributed by atoms with Gasteiger partial charge in [0.15, 0.2) is 5.78 Å². The van der Waals surface area contributed by atoms with Crippen LogP contribution in [0.25, 0.3) is 0 Å². The van der Waals surface area contributed by atoms with Crippen LogP contribution in [-0.2, 0) is 4.79 Å². The number of nitriles is 1. The van der Waals surface area contributed by atoms with E-state index in [1.807, 2.05) is 20.8 Å². The van der Waals surface area contributed by atoms with E-state index in [-0.39, 0.29) is 23.2 Å². The van der Waals surface area contributed by atoms with E-state index in [0.29, 0.717) is 6.07 Å². The highest BCUT2D eigenvalue weighted by Crippen LogP contribution is 2.27. The summed E-state index contributed by atoms with van der Waals surface area (Å²) >= 11 is 0. The van der Waals surface area contributed by atoms with Gasteiger partial charge < -0.3 is 0 Å². The first-order valence-corrected chi connectivity index (χ1v) is 5.62. The van der Waals surface area contributed by atoms with E-state index < -0.39 is 17.6 Å². The summed E-state index contributed by atoms with van der Waals surface area (Å²) in [5.74, 6) is -3.11. The minimum absolute atomic E-state index is 0.0619. The van der Waals surface area contributed by atoms with Gasteiger partial charge in [0, 0.05) is 18.1 Å². The fraction of sp³-hybridized carbons (Fsp3) is 0.429. The fourth-order valence-corrected chi connectivity index (χ4v) is 1.68. The molecule has 0 aliphatic carbocycles. The molecule has 1 unspecified atom stereocenters. The molecule has 0 bridgehead atoms. The Labute approximate surface area is 105 Å². The number of benzene rings is 1. The third-order valence-electron chi connectivity index (χ3n) is 2.43. The second kappa shape index (κ2) is 5.26. The number of carbonyl (C=O) groups is 1. The van der Waals surface area contributed by atoms with Crippen LogP contribution in [-0.4, -0.2) is 5.78 Å². The molecule has 0 aromatic heterocycles. The molecule has 2 nitrogen and oxygen atoms in total. The maximum absolute atomic E-state index is 13.5.